The Morgan fingerprint density at radius 2 is 1.86 bits per heavy atom. The third-order valence-corrected chi connectivity index (χ3v) is 8.36. The van der Waals surface area contributed by atoms with Crippen LogP contribution in [0.1, 0.15) is 75.1 Å². The summed E-state index contributed by atoms with van der Waals surface area (Å²) in [5.41, 5.74) is 0.978. The van der Waals surface area contributed by atoms with E-state index in [2.05, 4.69) is 30.4 Å². The van der Waals surface area contributed by atoms with Crippen molar-refractivity contribution in [2.75, 3.05) is 16.5 Å². The van der Waals surface area contributed by atoms with Gasteiger partial charge in [0.15, 0.2) is 9.84 Å². The number of anilines is 3. The lowest BCUT2D eigenvalue weighted by atomic mass is 9.91. The fraction of sp³-hybridized carbons (Fsp3) is 0.520. The highest BCUT2D eigenvalue weighted by molar-refractivity contribution is 7.90. The minimum Gasteiger partial charge on any atom is -0.425 e. The fourth-order valence-corrected chi connectivity index (χ4v) is 5.95. The van der Waals surface area contributed by atoms with E-state index in [4.69, 9.17) is 4.42 Å². The maximum absolute atomic E-state index is 14.7. The molecule has 2 aliphatic heterocycles. The highest BCUT2D eigenvalue weighted by Gasteiger charge is 2.41. The summed E-state index contributed by atoms with van der Waals surface area (Å²) in [6.45, 7) is 6.02. The Balaban J connectivity index is 1.40. The zero-order valence-electron chi connectivity index (χ0n) is 20.9. The third-order valence-electron chi connectivity index (χ3n) is 7.25. The molecule has 2 aliphatic rings. The van der Waals surface area contributed by atoms with Gasteiger partial charge in [-0.15, -0.1) is 10.2 Å². The summed E-state index contributed by atoms with van der Waals surface area (Å²) in [6.07, 6.45) is 7.56. The smallest absolute Gasteiger partial charge is 0.219 e. The number of nitrogens with zero attached hydrogens (tertiary/aromatic N) is 5. The number of nitrogens with one attached hydrogen (secondary N) is 1. The van der Waals surface area contributed by atoms with E-state index >= 15 is 0 Å². The van der Waals surface area contributed by atoms with Crippen LogP contribution < -0.4 is 10.2 Å². The molecular formula is C25H31FN6O3S. The van der Waals surface area contributed by atoms with Gasteiger partial charge in [-0.05, 0) is 57.2 Å². The molecule has 192 valence electrons. The molecule has 3 atom stereocenters. The van der Waals surface area contributed by atoms with E-state index in [0.29, 0.717) is 17.8 Å². The second-order valence-corrected chi connectivity index (χ2v) is 12.2. The van der Waals surface area contributed by atoms with Gasteiger partial charge in [-0.3, -0.25) is 0 Å². The molecule has 0 aliphatic carbocycles. The van der Waals surface area contributed by atoms with Crippen molar-refractivity contribution >= 4 is 27.2 Å². The Morgan fingerprint density at radius 1 is 1.11 bits per heavy atom. The zero-order chi connectivity index (χ0) is 25.6. The third kappa shape index (κ3) is 4.68. The first-order chi connectivity index (χ1) is 17.1. The molecular weight excluding hydrogens is 483 g/mol. The lowest BCUT2D eigenvalue weighted by molar-refractivity contribution is 0.368. The van der Waals surface area contributed by atoms with Crippen molar-refractivity contribution < 1.29 is 17.2 Å². The van der Waals surface area contributed by atoms with Gasteiger partial charge in [0.1, 0.15) is 23.8 Å². The monoisotopic (exact) mass is 514 g/mol. The summed E-state index contributed by atoms with van der Waals surface area (Å²) in [7, 11) is -3.50. The lowest BCUT2D eigenvalue weighted by Crippen LogP contribution is -2.36. The summed E-state index contributed by atoms with van der Waals surface area (Å²) in [5.74, 6) is 2.48. The summed E-state index contributed by atoms with van der Waals surface area (Å²) in [5, 5.41) is 11.6. The van der Waals surface area contributed by atoms with Crippen molar-refractivity contribution in [3.63, 3.8) is 0 Å². The van der Waals surface area contributed by atoms with Gasteiger partial charge in [0.25, 0.3) is 0 Å². The van der Waals surface area contributed by atoms with Crippen molar-refractivity contribution in [3.8, 4) is 0 Å². The van der Waals surface area contributed by atoms with E-state index in [1.165, 1.54) is 18.5 Å². The van der Waals surface area contributed by atoms with Crippen LogP contribution in [0.3, 0.4) is 0 Å². The Hall–Kier alpha value is -3.08. The molecule has 11 heteroatoms. The Bertz CT molecular complexity index is 1380. The first kappa shape index (κ1) is 24.6. The van der Waals surface area contributed by atoms with E-state index in [1.54, 1.807) is 0 Å². The predicted octanol–water partition coefficient (Wildman–Crippen LogP) is 4.88. The average molecular weight is 515 g/mol. The molecule has 2 fully saturated rings. The van der Waals surface area contributed by atoms with Crippen molar-refractivity contribution in [2.45, 2.75) is 81.7 Å². The first-order valence-electron chi connectivity index (χ1n) is 12.3. The number of halogens is 1. The van der Waals surface area contributed by atoms with E-state index in [0.717, 1.165) is 61.7 Å². The topological polar surface area (TPSA) is 114 Å². The normalized spacial score (nSPS) is 22.2. The van der Waals surface area contributed by atoms with Gasteiger partial charge >= 0.3 is 0 Å². The summed E-state index contributed by atoms with van der Waals surface area (Å²) in [6, 6.07) is 4.45. The van der Waals surface area contributed by atoms with E-state index in [9.17, 15) is 12.8 Å². The Kier molecular flexibility index (Phi) is 6.44. The van der Waals surface area contributed by atoms with Crippen LogP contribution in [0.2, 0.25) is 0 Å². The quantitative estimate of drug-likeness (QED) is 0.491. The molecule has 1 N–H and O–H groups in total. The van der Waals surface area contributed by atoms with Crippen LogP contribution in [-0.2, 0) is 9.84 Å². The molecule has 0 amide bonds. The van der Waals surface area contributed by atoms with Crippen LogP contribution in [0.5, 0.6) is 0 Å². The maximum atomic E-state index is 14.7. The van der Waals surface area contributed by atoms with Gasteiger partial charge in [0.2, 0.25) is 11.8 Å². The SMILES string of the molecule is Cc1c(Nc2ccc(S(C)(=O)=O)cc2F)ncnc1N1C2CCC(c3nnc(C(C)C)o3)CC1CC2. The standard InChI is InChI=1S/C25H31FN6O3S/c1-14(2)24-30-31-25(35-24)16-5-6-17-7-8-18(11-16)32(17)23-15(3)22(27-13-28-23)29-21-10-9-19(12-20(21)26)36(4,33)34/h9-10,12-14,16-18H,5-8,11H2,1-4H3,(H,27,28,29). The average Bonchev–Trinajstić information content (AvgIpc) is 3.40. The van der Waals surface area contributed by atoms with E-state index < -0.39 is 15.7 Å². The zero-order valence-corrected chi connectivity index (χ0v) is 21.7. The van der Waals surface area contributed by atoms with Crippen molar-refractivity contribution in [2.24, 2.45) is 0 Å². The van der Waals surface area contributed by atoms with Gasteiger partial charge in [0, 0.05) is 35.7 Å². The molecule has 1 aromatic carbocycles. The number of fused-ring (bicyclic) bond motifs is 2. The van der Waals surface area contributed by atoms with Crippen molar-refractivity contribution in [3.05, 3.63) is 47.7 Å². The summed E-state index contributed by atoms with van der Waals surface area (Å²) >= 11 is 0. The fourth-order valence-electron chi connectivity index (χ4n) is 5.31. The van der Waals surface area contributed by atoms with Gasteiger partial charge in [-0.1, -0.05) is 13.8 Å². The van der Waals surface area contributed by atoms with Crippen LogP contribution >= 0.6 is 0 Å². The van der Waals surface area contributed by atoms with Crippen LogP contribution in [0.15, 0.2) is 33.8 Å². The second-order valence-electron chi connectivity index (χ2n) is 10.1. The molecule has 36 heavy (non-hydrogen) atoms. The molecule has 3 unspecified atom stereocenters. The molecule has 2 saturated heterocycles. The molecule has 0 radical (unpaired) electrons. The Morgan fingerprint density at radius 3 is 2.56 bits per heavy atom. The van der Waals surface area contributed by atoms with Crippen LogP contribution in [0, 0.1) is 12.7 Å². The van der Waals surface area contributed by atoms with Gasteiger partial charge in [-0.25, -0.2) is 22.8 Å². The molecule has 2 bridgehead atoms. The molecule has 2 aromatic heterocycles. The molecule has 5 rings (SSSR count). The molecule has 4 heterocycles. The number of sulfone groups is 1. The van der Waals surface area contributed by atoms with Crippen molar-refractivity contribution in [1.82, 2.24) is 20.2 Å². The molecule has 0 spiro atoms. The highest BCUT2D eigenvalue weighted by Crippen LogP contribution is 2.44. The highest BCUT2D eigenvalue weighted by atomic mass is 32.2. The van der Waals surface area contributed by atoms with E-state index in [1.807, 2.05) is 20.8 Å². The summed E-state index contributed by atoms with van der Waals surface area (Å²) in [4.78, 5) is 11.3. The van der Waals surface area contributed by atoms with Crippen LogP contribution in [-0.4, -0.2) is 46.9 Å². The number of aromatic nitrogens is 4. The van der Waals surface area contributed by atoms with Crippen LogP contribution in [0.4, 0.5) is 21.7 Å². The Labute approximate surface area is 210 Å². The first-order valence-corrected chi connectivity index (χ1v) is 14.2. The number of hydrogen-bond donors (Lipinski definition) is 1. The largest absolute Gasteiger partial charge is 0.425 e. The maximum Gasteiger partial charge on any atom is 0.219 e. The summed E-state index contributed by atoms with van der Waals surface area (Å²) < 4.78 is 44.2. The van der Waals surface area contributed by atoms with Gasteiger partial charge in [-0.2, -0.15) is 0 Å². The minimum absolute atomic E-state index is 0.0666. The molecule has 3 aromatic rings. The number of hydrogen-bond acceptors (Lipinski definition) is 9. The predicted molar refractivity (Wildman–Crippen MR) is 134 cm³/mol. The minimum atomic E-state index is -3.50. The van der Waals surface area contributed by atoms with Crippen molar-refractivity contribution in [1.29, 1.82) is 0 Å². The molecule has 0 saturated carbocycles. The molecule has 9 nitrogen and oxygen atoms in total. The van der Waals surface area contributed by atoms with Gasteiger partial charge in [0.05, 0.1) is 10.6 Å². The van der Waals surface area contributed by atoms with Crippen LogP contribution in [0.25, 0.3) is 0 Å². The van der Waals surface area contributed by atoms with Gasteiger partial charge < -0.3 is 14.6 Å². The van der Waals surface area contributed by atoms with E-state index in [-0.39, 0.29) is 28.5 Å². The number of benzene rings is 1. The second kappa shape index (κ2) is 9.42. The number of rotatable bonds is 6. The lowest BCUT2D eigenvalue weighted by Gasteiger charge is -2.31.